The molecule has 118 valence electrons. The number of aryl methyl sites for hydroxylation is 1. The van der Waals surface area contributed by atoms with E-state index in [1.54, 1.807) is 18.0 Å². The van der Waals surface area contributed by atoms with Crippen molar-refractivity contribution in [3.63, 3.8) is 0 Å². The molecule has 1 aromatic rings. The lowest BCUT2D eigenvalue weighted by atomic mass is 10.0. The molecule has 0 saturated heterocycles. The van der Waals surface area contributed by atoms with Crippen LogP contribution in [-0.4, -0.2) is 46.6 Å². The maximum Gasteiger partial charge on any atom is 0.254 e. The second kappa shape index (κ2) is 7.41. The van der Waals surface area contributed by atoms with Gasteiger partial charge in [-0.3, -0.25) is 4.79 Å². The number of aliphatic hydroxyl groups is 1. The maximum absolute atomic E-state index is 12.6. The largest absolute Gasteiger partial charge is 0.394 e. The van der Waals surface area contributed by atoms with Crippen molar-refractivity contribution in [3.05, 3.63) is 23.4 Å². The topological polar surface area (TPSA) is 65.5 Å². The third-order valence-electron chi connectivity index (χ3n) is 3.59. The lowest BCUT2D eigenvalue weighted by Crippen LogP contribution is -2.47. The minimum atomic E-state index is -0.594. The number of pyridine rings is 1. The van der Waals surface area contributed by atoms with Crippen molar-refractivity contribution in [2.75, 3.05) is 25.5 Å². The van der Waals surface area contributed by atoms with Crippen LogP contribution >= 0.6 is 0 Å². The monoisotopic (exact) mass is 293 g/mol. The molecule has 2 N–H and O–H groups in total. The Kier molecular flexibility index (Phi) is 6.15. The van der Waals surface area contributed by atoms with Crippen molar-refractivity contribution < 1.29 is 9.90 Å². The Hall–Kier alpha value is -1.62. The molecule has 0 unspecified atom stereocenters. The predicted octanol–water partition coefficient (Wildman–Crippen LogP) is 2.31. The molecule has 1 aromatic heterocycles. The van der Waals surface area contributed by atoms with E-state index in [2.05, 4.69) is 17.2 Å². The molecule has 0 aliphatic heterocycles. The summed E-state index contributed by atoms with van der Waals surface area (Å²) in [5, 5.41) is 12.6. The highest BCUT2D eigenvalue weighted by molar-refractivity contribution is 5.95. The highest BCUT2D eigenvalue weighted by Crippen LogP contribution is 2.18. The van der Waals surface area contributed by atoms with Gasteiger partial charge in [0.05, 0.1) is 12.1 Å². The lowest BCUT2D eigenvalue weighted by Gasteiger charge is -2.34. The van der Waals surface area contributed by atoms with Crippen LogP contribution in [-0.2, 0) is 6.42 Å². The number of amides is 1. The van der Waals surface area contributed by atoms with Crippen molar-refractivity contribution in [2.24, 2.45) is 0 Å². The number of hydrogen-bond acceptors (Lipinski definition) is 4. The molecular formula is C16H27N3O2. The molecule has 0 aliphatic rings. The van der Waals surface area contributed by atoms with E-state index >= 15 is 0 Å². The summed E-state index contributed by atoms with van der Waals surface area (Å²) >= 11 is 0. The van der Waals surface area contributed by atoms with Crippen molar-refractivity contribution in [2.45, 2.75) is 46.1 Å². The van der Waals surface area contributed by atoms with E-state index < -0.39 is 5.54 Å². The number of anilines is 1. The van der Waals surface area contributed by atoms with Crippen molar-refractivity contribution in [1.29, 1.82) is 0 Å². The molecule has 5 nitrogen and oxygen atoms in total. The molecule has 0 aliphatic carbocycles. The van der Waals surface area contributed by atoms with Gasteiger partial charge in [-0.2, -0.15) is 0 Å². The average Bonchev–Trinajstić information content (AvgIpc) is 2.46. The first-order valence-electron chi connectivity index (χ1n) is 7.49. The van der Waals surface area contributed by atoms with Gasteiger partial charge in [0.2, 0.25) is 0 Å². The third kappa shape index (κ3) is 4.43. The second-order valence-electron chi connectivity index (χ2n) is 5.85. The second-order valence-corrected chi connectivity index (χ2v) is 5.85. The molecule has 1 amide bonds. The molecule has 1 rings (SSSR count). The first-order valence-corrected chi connectivity index (χ1v) is 7.49. The van der Waals surface area contributed by atoms with Gasteiger partial charge in [0, 0.05) is 24.8 Å². The minimum Gasteiger partial charge on any atom is -0.394 e. The highest BCUT2D eigenvalue weighted by atomic mass is 16.3. The number of likely N-dealkylation sites (N-methyl/N-ethyl adjacent to an activating group) is 1. The van der Waals surface area contributed by atoms with Gasteiger partial charge >= 0.3 is 0 Å². The molecule has 0 bridgehead atoms. The summed E-state index contributed by atoms with van der Waals surface area (Å²) in [6.45, 7) is 8.44. The van der Waals surface area contributed by atoms with Crippen LogP contribution in [0, 0.1) is 0 Å². The van der Waals surface area contributed by atoms with Gasteiger partial charge in [0.15, 0.2) is 0 Å². The zero-order valence-corrected chi connectivity index (χ0v) is 13.7. The molecule has 0 saturated carbocycles. The van der Waals surface area contributed by atoms with E-state index in [4.69, 9.17) is 0 Å². The molecule has 0 radical (unpaired) electrons. The average molecular weight is 293 g/mol. The number of nitrogens with one attached hydrogen (secondary N) is 1. The van der Waals surface area contributed by atoms with E-state index in [0.717, 1.165) is 30.9 Å². The van der Waals surface area contributed by atoms with E-state index in [9.17, 15) is 9.90 Å². The van der Waals surface area contributed by atoms with Crippen molar-refractivity contribution in [1.82, 2.24) is 9.88 Å². The zero-order valence-electron chi connectivity index (χ0n) is 13.7. The molecule has 0 aromatic carbocycles. The molecule has 0 atom stereocenters. The van der Waals surface area contributed by atoms with Gasteiger partial charge in [0.1, 0.15) is 5.82 Å². The summed E-state index contributed by atoms with van der Waals surface area (Å²) in [5.74, 6) is 0.620. The normalized spacial score (nSPS) is 11.3. The molecule has 5 heteroatoms. The molecular weight excluding hydrogens is 266 g/mol. The van der Waals surface area contributed by atoms with Gasteiger partial charge in [-0.05, 0) is 39.3 Å². The summed E-state index contributed by atoms with van der Waals surface area (Å²) in [7, 11) is 1.71. The van der Waals surface area contributed by atoms with Crippen LogP contribution < -0.4 is 5.32 Å². The summed E-state index contributed by atoms with van der Waals surface area (Å²) < 4.78 is 0. The summed E-state index contributed by atoms with van der Waals surface area (Å²) in [6, 6.07) is 3.62. The fraction of sp³-hybridized carbons (Fsp3) is 0.625. The summed E-state index contributed by atoms with van der Waals surface area (Å²) in [4.78, 5) is 18.7. The Morgan fingerprint density at radius 3 is 2.57 bits per heavy atom. The number of carbonyl (C=O) groups excluding carboxylic acids is 1. The van der Waals surface area contributed by atoms with Gasteiger partial charge < -0.3 is 15.3 Å². The number of carbonyl (C=O) groups is 1. The Bertz CT molecular complexity index is 462. The van der Waals surface area contributed by atoms with Crippen LogP contribution in [0.15, 0.2) is 12.1 Å². The SMILES string of the molecule is CCCc1cc(C(=O)N(C)C(C)(C)CO)cc(NCC)n1. The lowest BCUT2D eigenvalue weighted by molar-refractivity contribution is 0.0473. The Balaban J connectivity index is 3.12. The maximum atomic E-state index is 12.6. The standard InChI is InChI=1S/C16H27N3O2/c1-6-8-13-9-12(10-14(18-13)17-7-2)15(21)19(5)16(3,4)11-20/h9-10,20H,6-8,11H2,1-5H3,(H,17,18). The molecule has 1 heterocycles. The van der Waals surface area contributed by atoms with Gasteiger partial charge in [-0.15, -0.1) is 0 Å². The highest BCUT2D eigenvalue weighted by Gasteiger charge is 2.28. The van der Waals surface area contributed by atoms with E-state index in [1.807, 2.05) is 26.8 Å². The van der Waals surface area contributed by atoms with Crippen molar-refractivity contribution in [3.8, 4) is 0 Å². The Labute approximate surface area is 127 Å². The number of aromatic nitrogens is 1. The van der Waals surface area contributed by atoms with Crippen LogP contribution in [0.5, 0.6) is 0 Å². The van der Waals surface area contributed by atoms with Gasteiger partial charge in [0.25, 0.3) is 5.91 Å². The van der Waals surface area contributed by atoms with E-state index in [-0.39, 0.29) is 12.5 Å². The molecule has 0 fully saturated rings. The quantitative estimate of drug-likeness (QED) is 0.809. The third-order valence-corrected chi connectivity index (χ3v) is 3.59. The van der Waals surface area contributed by atoms with Crippen LogP contribution in [0.4, 0.5) is 5.82 Å². The van der Waals surface area contributed by atoms with E-state index in [0.29, 0.717) is 5.56 Å². The zero-order chi connectivity index (χ0) is 16.0. The van der Waals surface area contributed by atoms with Gasteiger partial charge in [-0.1, -0.05) is 13.3 Å². The Morgan fingerprint density at radius 1 is 1.38 bits per heavy atom. The number of hydrogen-bond donors (Lipinski definition) is 2. The van der Waals surface area contributed by atoms with Gasteiger partial charge in [-0.25, -0.2) is 4.98 Å². The molecule has 21 heavy (non-hydrogen) atoms. The van der Waals surface area contributed by atoms with Crippen LogP contribution in [0.2, 0.25) is 0 Å². The van der Waals surface area contributed by atoms with Crippen molar-refractivity contribution >= 4 is 11.7 Å². The van der Waals surface area contributed by atoms with Crippen LogP contribution in [0.1, 0.15) is 50.2 Å². The first kappa shape index (κ1) is 17.4. The summed E-state index contributed by atoms with van der Waals surface area (Å²) in [5.41, 5.74) is 0.923. The number of aliphatic hydroxyl groups excluding tert-OH is 1. The van der Waals surface area contributed by atoms with Crippen LogP contribution in [0.25, 0.3) is 0 Å². The van der Waals surface area contributed by atoms with Crippen LogP contribution in [0.3, 0.4) is 0 Å². The number of nitrogens with zero attached hydrogens (tertiary/aromatic N) is 2. The molecule has 0 spiro atoms. The fourth-order valence-electron chi connectivity index (χ4n) is 1.94. The first-order chi connectivity index (χ1) is 9.85. The fourth-order valence-corrected chi connectivity index (χ4v) is 1.94. The predicted molar refractivity (Wildman–Crippen MR) is 85.7 cm³/mol. The minimum absolute atomic E-state index is 0.0811. The number of rotatable bonds is 7. The smallest absolute Gasteiger partial charge is 0.254 e. The summed E-state index contributed by atoms with van der Waals surface area (Å²) in [6.07, 6.45) is 1.82. The Morgan fingerprint density at radius 2 is 2.05 bits per heavy atom. The van der Waals surface area contributed by atoms with E-state index in [1.165, 1.54) is 0 Å².